The highest BCUT2D eigenvalue weighted by atomic mass is 79.9. The summed E-state index contributed by atoms with van der Waals surface area (Å²) in [4.78, 5) is 55.2. The molecule has 2 N–H and O–H groups in total. The summed E-state index contributed by atoms with van der Waals surface area (Å²) in [5, 5.41) is 40.7. The van der Waals surface area contributed by atoms with E-state index in [-0.39, 0.29) is 16.3 Å². The molecule has 1 atom stereocenters. The van der Waals surface area contributed by atoms with Crippen LogP contribution in [0.1, 0.15) is 21.3 Å². The van der Waals surface area contributed by atoms with E-state index < -0.39 is 44.7 Å². The number of nitro benzene ring substituents is 2. The number of hydrogen-bond donors (Lipinski definition) is 2. The van der Waals surface area contributed by atoms with Gasteiger partial charge in [-0.3, -0.25) is 34.8 Å². The van der Waals surface area contributed by atoms with Crippen LogP contribution in [0.25, 0.3) is 11.3 Å². The third-order valence-corrected chi connectivity index (χ3v) is 6.84. The van der Waals surface area contributed by atoms with Crippen molar-refractivity contribution < 1.29 is 19.4 Å². The highest BCUT2D eigenvalue weighted by Crippen LogP contribution is 2.31. The number of amides is 2. The first-order valence-corrected chi connectivity index (χ1v) is 13.0. The maximum atomic E-state index is 13.4. The Labute approximate surface area is 242 Å². The molecule has 0 saturated carbocycles. The van der Waals surface area contributed by atoms with Gasteiger partial charge in [-0.2, -0.15) is 10.4 Å². The van der Waals surface area contributed by atoms with E-state index in [0.29, 0.717) is 11.8 Å². The van der Waals surface area contributed by atoms with Crippen molar-refractivity contribution in [2.45, 2.75) is 5.92 Å². The zero-order chi connectivity index (χ0) is 29.5. The molecule has 0 aliphatic carbocycles. The van der Waals surface area contributed by atoms with Crippen molar-refractivity contribution in [3.8, 4) is 17.3 Å². The highest BCUT2D eigenvalue weighted by Gasteiger charge is 2.30. The van der Waals surface area contributed by atoms with Crippen LogP contribution in [0.4, 0.5) is 17.1 Å². The Hall–Kier alpha value is -5.40. The SMILES string of the molecule is N#C[C@@H](/C(=N\NC(=O)c1ccncc1)C(=O)Nc1ccc([N+](=O)[O-])cc1[N+](=O)[O-])c1nc(-c2ccc(Br)cc2)cs1. The Kier molecular flexibility index (Phi) is 8.82. The number of nitriles is 1. The van der Waals surface area contributed by atoms with Gasteiger partial charge in [0.05, 0.1) is 27.7 Å². The van der Waals surface area contributed by atoms with Crippen molar-refractivity contribution in [3.63, 3.8) is 0 Å². The maximum absolute atomic E-state index is 13.4. The molecule has 0 bridgehead atoms. The smallest absolute Gasteiger partial charge is 0.299 e. The number of halogens is 1. The fourth-order valence-corrected chi connectivity index (χ4v) is 4.55. The number of anilines is 1. The van der Waals surface area contributed by atoms with E-state index in [2.05, 4.69) is 41.7 Å². The van der Waals surface area contributed by atoms with Gasteiger partial charge < -0.3 is 5.32 Å². The van der Waals surface area contributed by atoms with Crippen molar-refractivity contribution in [2.24, 2.45) is 5.10 Å². The van der Waals surface area contributed by atoms with Crippen molar-refractivity contribution in [2.75, 3.05) is 5.32 Å². The van der Waals surface area contributed by atoms with Crippen LogP contribution in [0, 0.1) is 31.6 Å². The summed E-state index contributed by atoms with van der Waals surface area (Å²) < 4.78 is 0.850. The van der Waals surface area contributed by atoms with Gasteiger partial charge >= 0.3 is 0 Å². The number of benzene rings is 2. The lowest BCUT2D eigenvalue weighted by atomic mass is 10.0. The molecule has 0 aliphatic heterocycles. The molecule has 2 amide bonds. The largest absolute Gasteiger partial charge is 0.315 e. The number of thiazole rings is 1. The van der Waals surface area contributed by atoms with Crippen LogP contribution >= 0.6 is 27.3 Å². The fraction of sp³-hybridized carbons (Fsp3) is 0.0400. The van der Waals surface area contributed by atoms with Crippen LogP contribution in [0.15, 0.2) is 81.9 Å². The van der Waals surface area contributed by atoms with Gasteiger partial charge in [0.1, 0.15) is 22.3 Å². The molecule has 0 unspecified atom stereocenters. The normalized spacial score (nSPS) is 11.7. The van der Waals surface area contributed by atoms with E-state index in [1.807, 2.05) is 18.2 Å². The van der Waals surface area contributed by atoms with Gasteiger partial charge in [-0.05, 0) is 30.3 Å². The second kappa shape index (κ2) is 12.6. The minimum Gasteiger partial charge on any atom is -0.315 e. The minimum absolute atomic E-state index is 0.162. The second-order valence-corrected chi connectivity index (χ2v) is 9.79. The molecule has 0 spiro atoms. The Balaban J connectivity index is 1.71. The third kappa shape index (κ3) is 6.79. The van der Waals surface area contributed by atoms with Gasteiger partial charge in [-0.15, -0.1) is 11.3 Å². The van der Waals surface area contributed by atoms with Crippen LogP contribution in [-0.2, 0) is 4.79 Å². The number of nitrogens with zero attached hydrogens (tertiary/aromatic N) is 6. The predicted octanol–water partition coefficient (Wildman–Crippen LogP) is 4.82. The summed E-state index contributed by atoms with van der Waals surface area (Å²) in [5.41, 5.74) is 1.40. The summed E-state index contributed by atoms with van der Waals surface area (Å²) in [7, 11) is 0. The molecule has 4 aromatic rings. The lowest BCUT2D eigenvalue weighted by Gasteiger charge is -2.12. The Morgan fingerprint density at radius 3 is 2.39 bits per heavy atom. The molecule has 41 heavy (non-hydrogen) atoms. The number of hydrazone groups is 1. The molecule has 4 rings (SSSR count). The quantitative estimate of drug-likeness (QED) is 0.147. The van der Waals surface area contributed by atoms with E-state index in [9.17, 15) is 35.1 Å². The molecule has 2 aromatic heterocycles. The highest BCUT2D eigenvalue weighted by molar-refractivity contribution is 9.10. The number of carbonyl (C=O) groups excluding carboxylic acids is 2. The Morgan fingerprint density at radius 1 is 1.05 bits per heavy atom. The maximum Gasteiger partial charge on any atom is 0.299 e. The van der Waals surface area contributed by atoms with Crippen LogP contribution in [-0.4, -0.2) is 37.3 Å². The second-order valence-electron chi connectivity index (χ2n) is 7.98. The molecule has 0 saturated heterocycles. The molecule has 2 heterocycles. The molecular formula is C25H15BrN8O6S. The zero-order valence-corrected chi connectivity index (χ0v) is 22.8. The van der Waals surface area contributed by atoms with E-state index in [1.165, 1.54) is 24.5 Å². The van der Waals surface area contributed by atoms with Gasteiger partial charge in [0, 0.05) is 39.4 Å². The molecule has 0 fully saturated rings. The molecule has 16 heteroatoms. The Bertz CT molecular complexity index is 1720. The number of rotatable bonds is 9. The number of nitro groups is 2. The molecule has 14 nitrogen and oxygen atoms in total. The number of nitrogens with one attached hydrogen (secondary N) is 2. The molecule has 204 valence electrons. The molecular weight excluding hydrogens is 620 g/mol. The minimum atomic E-state index is -1.40. The zero-order valence-electron chi connectivity index (χ0n) is 20.4. The van der Waals surface area contributed by atoms with E-state index in [0.717, 1.165) is 33.5 Å². The van der Waals surface area contributed by atoms with Gasteiger partial charge in [0.2, 0.25) is 0 Å². The predicted molar refractivity (Wildman–Crippen MR) is 151 cm³/mol. The molecule has 0 aliphatic rings. The first kappa shape index (κ1) is 28.6. The van der Waals surface area contributed by atoms with Crippen LogP contribution in [0.3, 0.4) is 0 Å². The van der Waals surface area contributed by atoms with Crippen LogP contribution in [0.2, 0.25) is 0 Å². The monoisotopic (exact) mass is 634 g/mol. The van der Waals surface area contributed by atoms with Gasteiger partial charge in [0.15, 0.2) is 0 Å². The van der Waals surface area contributed by atoms with Crippen molar-refractivity contribution >= 4 is 61.9 Å². The lowest BCUT2D eigenvalue weighted by Crippen LogP contribution is -2.32. The number of hydrogen-bond acceptors (Lipinski definition) is 11. The summed E-state index contributed by atoms with van der Waals surface area (Å²) in [6.45, 7) is 0. The average molecular weight is 635 g/mol. The first-order chi connectivity index (χ1) is 19.7. The van der Waals surface area contributed by atoms with E-state index in [1.54, 1.807) is 17.5 Å². The fourth-order valence-electron chi connectivity index (χ4n) is 3.41. The Morgan fingerprint density at radius 2 is 1.76 bits per heavy atom. The first-order valence-electron chi connectivity index (χ1n) is 11.3. The van der Waals surface area contributed by atoms with Crippen molar-refractivity contribution in [1.29, 1.82) is 5.26 Å². The average Bonchev–Trinajstić information content (AvgIpc) is 3.45. The summed E-state index contributed by atoms with van der Waals surface area (Å²) in [6, 6.07) is 14.6. The number of aromatic nitrogens is 2. The third-order valence-electron chi connectivity index (χ3n) is 5.40. The van der Waals surface area contributed by atoms with E-state index >= 15 is 0 Å². The van der Waals surface area contributed by atoms with Crippen molar-refractivity contribution in [3.05, 3.63) is 108 Å². The summed E-state index contributed by atoms with van der Waals surface area (Å²) in [5.74, 6) is -3.20. The van der Waals surface area contributed by atoms with E-state index in [4.69, 9.17) is 0 Å². The topological polar surface area (TPSA) is 206 Å². The van der Waals surface area contributed by atoms with Gasteiger partial charge in [0.25, 0.3) is 23.2 Å². The lowest BCUT2D eigenvalue weighted by molar-refractivity contribution is -0.393. The molecule has 0 radical (unpaired) electrons. The van der Waals surface area contributed by atoms with Gasteiger partial charge in [-0.1, -0.05) is 28.1 Å². The van der Waals surface area contributed by atoms with Gasteiger partial charge in [-0.25, -0.2) is 10.4 Å². The van der Waals surface area contributed by atoms with Crippen LogP contribution < -0.4 is 10.7 Å². The molecule has 2 aromatic carbocycles. The summed E-state index contributed by atoms with van der Waals surface area (Å²) >= 11 is 4.42. The number of carbonyl (C=O) groups is 2. The number of non-ortho nitro benzene ring substituents is 1. The van der Waals surface area contributed by atoms with Crippen LogP contribution in [0.5, 0.6) is 0 Å². The van der Waals surface area contributed by atoms with Crippen molar-refractivity contribution in [1.82, 2.24) is 15.4 Å². The summed E-state index contributed by atoms with van der Waals surface area (Å²) in [6.07, 6.45) is 2.74. The standard InChI is InChI=1S/C25H15BrN8O6S/c26-16-3-1-14(2-4-16)20-13-41-25(30-20)18(12-27)22(31-32-23(35)15-7-9-28-10-8-15)24(36)29-19-6-5-17(33(37)38)11-21(19)34(39)40/h1-11,13,18H,(H,29,36)(H,32,35)/b31-22+/t18-/m0/s1. The number of pyridine rings is 1.